The van der Waals surface area contributed by atoms with Crippen LogP contribution in [0.4, 0.5) is 4.79 Å². The van der Waals surface area contributed by atoms with Crippen LogP contribution in [-0.4, -0.2) is 67.3 Å². The highest BCUT2D eigenvalue weighted by atomic mass is 16.5. The number of carbonyl (C=O) groups excluding carboxylic acids is 2. The molecule has 0 saturated heterocycles. The summed E-state index contributed by atoms with van der Waals surface area (Å²) in [5.74, 6) is -1.56. The van der Waals surface area contributed by atoms with Gasteiger partial charge in [0.05, 0.1) is 0 Å². The molecule has 2 amide bonds. The Hall–Kier alpha value is -3.39. The zero-order valence-electron chi connectivity index (χ0n) is 20.6. The van der Waals surface area contributed by atoms with E-state index in [0.29, 0.717) is 6.42 Å². The van der Waals surface area contributed by atoms with Crippen molar-refractivity contribution in [2.75, 3.05) is 27.2 Å². The lowest BCUT2D eigenvalue weighted by Crippen LogP contribution is -2.48. The molecule has 8 heteroatoms. The molecular weight excluding hydrogens is 446 g/mol. The highest BCUT2D eigenvalue weighted by Crippen LogP contribution is 2.44. The van der Waals surface area contributed by atoms with Gasteiger partial charge >= 0.3 is 12.1 Å². The lowest BCUT2D eigenvalue weighted by atomic mass is 9.98. The topological polar surface area (TPSA) is 108 Å². The Labute approximate surface area is 206 Å². The molecule has 1 aliphatic rings. The molecule has 3 N–H and O–H groups in total. The lowest BCUT2D eigenvalue weighted by molar-refractivity contribution is -0.142. The van der Waals surface area contributed by atoms with Crippen molar-refractivity contribution in [3.05, 3.63) is 59.7 Å². The monoisotopic (exact) mass is 481 g/mol. The molecule has 0 aliphatic heterocycles. The van der Waals surface area contributed by atoms with E-state index < -0.39 is 30.1 Å². The van der Waals surface area contributed by atoms with Crippen LogP contribution in [0.3, 0.4) is 0 Å². The van der Waals surface area contributed by atoms with Crippen LogP contribution >= 0.6 is 0 Å². The van der Waals surface area contributed by atoms with Crippen molar-refractivity contribution in [1.82, 2.24) is 15.5 Å². The minimum absolute atomic E-state index is 0.0125. The van der Waals surface area contributed by atoms with Gasteiger partial charge in [0.25, 0.3) is 0 Å². The number of carbonyl (C=O) groups is 3. The fourth-order valence-electron chi connectivity index (χ4n) is 4.51. The summed E-state index contributed by atoms with van der Waals surface area (Å²) in [5.41, 5.74) is 4.56. The Bertz CT molecular complexity index is 993. The standard InChI is InChI=1S/C27H35N3O5/c1-4-5-10-18(15-25(31)29-24(26(32)33)16-30(2)3)28-27(34)35-17-23-21-13-8-6-11-19(21)20-12-7-9-14-22(20)23/h6-9,11-14,18,23-24H,4-5,10,15-17H2,1-3H3,(H,28,34)(H,29,31)(H,32,33)/t18-,24?/m0/s1. The number of ether oxygens (including phenoxy) is 1. The van der Waals surface area contributed by atoms with Gasteiger partial charge in [-0.1, -0.05) is 68.3 Å². The van der Waals surface area contributed by atoms with E-state index in [0.717, 1.165) is 35.1 Å². The molecule has 0 bridgehead atoms. The van der Waals surface area contributed by atoms with E-state index in [1.165, 1.54) is 0 Å². The number of likely N-dealkylation sites (N-methyl/N-ethyl adjacent to an activating group) is 1. The van der Waals surface area contributed by atoms with Gasteiger partial charge in [0.15, 0.2) is 0 Å². The summed E-state index contributed by atoms with van der Waals surface area (Å²) in [4.78, 5) is 38.4. The van der Waals surface area contributed by atoms with Gasteiger partial charge in [0, 0.05) is 24.9 Å². The first-order valence-corrected chi connectivity index (χ1v) is 12.1. The molecule has 2 aromatic carbocycles. The Kier molecular flexibility index (Phi) is 9.25. The van der Waals surface area contributed by atoms with Crippen LogP contribution in [0.25, 0.3) is 11.1 Å². The predicted molar refractivity (Wildman–Crippen MR) is 134 cm³/mol. The normalized spacial score (nSPS) is 14.1. The predicted octanol–water partition coefficient (Wildman–Crippen LogP) is 3.61. The van der Waals surface area contributed by atoms with E-state index in [9.17, 15) is 19.5 Å². The Morgan fingerprint density at radius 3 is 2.14 bits per heavy atom. The summed E-state index contributed by atoms with van der Waals surface area (Å²) >= 11 is 0. The van der Waals surface area contributed by atoms with Gasteiger partial charge in [0.1, 0.15) is 12.6 Å². The van der Waals surface area contributed by atoms with Crippen molar-refractivity contribution in [2.45, 2.75) is 50.6 Å². The van der Waals surface area contributed by atoms with Crippen LogP contribution in [0, 0.1) is 0 Å². The van der Waals surface area contributed by atoms with Gasteiger partial charge in [-0.2, -0.15) is 0 Å². The molecule has 0 fully saturated rings. The van der Waals surface area contributed by atoms with Crippen LogP contribution in [0.5, 0.6) is 0 Å². The van der Waals surface area contributed by atoms with E-state index >= 15 is 0 Å². The Morgan fingerprint density at radius 1 is 1.00 bits per heavy atom. The number of aliphatic carboxylic acids is 1. The van der Waals surface area contributed by atoms with Gasteiger partial charge in [0.2, 0.25) is 5.91 Å². The smallest absolute Gasteiger partial charge is 0.407 e. The number of amides is 2. The molecule has 188 valence electrons. The van der Waals surface area contributed by atoms with Crippen LogP contribution < -0.4 is 10.6 Å². The zero-order chi connectivity index (χ0) is 25.4. The number of unbranched alkanes of at least 4 members (excludes halogenated alkanes) is 1. The number of alkyl carbamates (subject to hydrolysis) is 1. The third-order valence-electron chi connectivity index (χ3n) is 6.18. The van der Waals surface area contributed by atoms with Crippen LogP contribution in [0.2, 0.25) is 0 Å². The van der Waals surface area contributed by atoms with Crippen molar-refractivity contribution >= 4 is 18.0 Å². The number of hydrogen-bond donors (Lipinski definition) is 3. The molecule has 3 rings (SSSR count). The number of carboxylic acids is 1. The maximum absolute atomic E-state index is 12.7. The summed E-state index contributed by atoms with van der Waals surface area (Å²) in [5, 5.41) is 14.7. The number of nitrogens with one attached hydrogen (secondary N) is 2. The Morgan fingerprint density at radius 2 is 1.60 bits per heavy atom. The summed E-state index contributed by atoms with van der Waals surface area (Å²) in [7, 11) is 3.48. The largest absolute Gasteiger partial charge is 0.480 e. The molecular formula is C27H35N3O5. The van der Waals surface area contributed by atoms with Gasteiger partial charge in [-0.25, -0.2) is 9.59 Å². The summed E-state index contributed by atoms with van der Waals surface area (Å²) in [6.45, 7) is 2.40. The van der Waals surface area contributed by atoms with E-state index in [2.05, 4.69) is 34.9 Å². The number of rotatable bonds is 12. The van der Waals surface area contributed by atoms with Crippen LogP contribution in [0.15, 0.2) is 48.5 Å². The van der Waals surface area contributed by atoms with E-state index in [-0.39, 0.29) is 25.5 Å². The first kappa shape index (κ1) is 26.2. The molecule has 35 heavy (non-hydrogen) atoms. The van der Waals surface area contributed by atoms with Gasteiger partial charge < -0.3 is 25.4 Å². The quantitative estimate of drug-likeness (QED) is 0.428. The molecule has 1 aliphatic carbocycles. The second-order valence-corrected chi connectivity index (χ2v) is 9.23. The minimum atomic E-state index is -1.10. The van der Waals surface area contributed by atoms with Gasteiger partial charge in [-0.15, -0.1) is 0 Å². The number of hydrogen-bond acceptors (Lipinski definition) is 5. The molecule has 0 saturated carbocycles. The molecule has 0 radical (unpaired) electrons. The van der Waals surface area contributed by atoms with Gasteiger partial charge in [-0.05, 0) is 42.8 Å². The molecule has 2 atom stereocenters. The Balaban J connectivity index is 1.60. The fourth-order valence-corrected chi connectivity index (χ4v) is 4.51. The SMILES string of the molecule is CCCC[C@@H](CC(=O)NC(CN(C)C)C(=O)O)NC(=O)OCC1c2ccccc2-c2ccccc21. The second kappa shape index (κ2) is 12.4. The van der Waals surface area contributed by atoms with Crippen LogP contribution in [-0.2, 0) is 14.3 Å². The number of fused-ring (bicyclic) bond motifs is 3. The highest BCUT2D eigenvalue weighted by molar-refractivity contribution is 5.84. The van der Waals surface area contributed by atoms with Gasteiger partial charge in [-0.3, -0.25) is 4.79 Å². The van der Waals surface area contributed by atoms with Crippen LogP contribution in [0.1, 0.15) is 49.7 Å². The lowest BCUT2D eigenvalue weighted by Gasteiger charge is -2.22. The maximum Gasteiger partial charge on any atom is 0.407 e. The van der Waals surface area contributed by atoms with E-state index in [1.807, 2.05) is 31.2 Å². The second-order valence-electron chi connectivity index (χ2n) is 9.23. The third-order valence-corrected chi connectivity index (χ3v) is 6.18. The van der Waals surface area contributed by atoms with Crippen molar-refractivity contribution in [2.24, 2.45) is 0 Å². The minimum Gasteiger partial charge on any atom is -0.480 e. The molecule has 8 nitrogen and oxygen atoms in total. The third kappa shape index (κ3) is 7.05. The van der Waals surface area contributed by atoms with Crippen molar-refractivity contribution in [3.8, 4) is 11.1 Å². The average molecular weight is 482 g/mol. The van der Waals surface area contributed by atoms with E-state index in [4.69, 9.17) is 4.74 Å². The first-order chi connectivity index (χ1) is 16.8. The molecule has 2 aromatic rings. The number of benzene rings is 2. The number of nitrogens with zero attached hydrogens (tertiary/aromatic N) is 1. The zero-order valence-corrected chi connectivity index (χ0v) is 20.6. The molecule has 0 heterocycles. The molecule has 0 spiro atoms. The maximum atomic E-state index is 12.7. The summed E-state index contributed by atoms with van der Waals surface area (Å²) in [6, 6.07) is 14.8. The summed E-state index contributed by atoms with van der Waals surface area (Å²) in [6.07, 6.45) is 1.73. The molecule has 1 unspecified atom stereocenters. The van der Waals surface area contributed by atoms with Crippen molar-refractivity contribution < 1.29 is 24.2 Å². The van der Waals surface area contributed by atoms with E-state index in [1.54, 1.807) is 19.0 Å². The van der Waals surface area contributed by atoms with Crippen molar-refractivity contribution in [3.63, 3.8) is 0 Å². The van der Waals surface area contributed by atoms with Crippen molar-refractivity contribution in [1.29, 1.82) is 0 Å². The fraction of sp³-hybridized carbons (Fsp3) is 0.444. The molecule has 0 aromatic heterocycles. The number of carboxylic acid groups (broad SMARTS) is 1. The highest BCUT2D eigenvalue weighted by Gasteiger charge is 2.29. The average Bonchev–Trinajstić information content (AvgIpc) is 3.14. The summed E-state index contributed by atoms with van der Waals surface area (Å²) < 4.78 is 5.62. The first-order valence-electron chi connectivity index (χ1n) is 12.1.